The average Bonchev–Trinajstić information content (AvgIpc) is 2.91. The predicted molar refractivity (Wildman–Crippen MR) is 131 cm³/mol. The van der Waals surface area contributed by atoms with Gasteiger partial charge in [-0.25, -0.2) is 0 Å². The van der Waals surface area contributed by atoms with E-state index in [-0.39, 0.29) is 12.2 Å². The molecule has 178 valence electrons. The standard InChI is InChI=1S/C29H32O5/c1-30-26-15-20(13-14-25(26)33-18-19-9-5-4-6-10-19)29-23-17-28(32-3)27(31-2)16-22(23)21-11-7-8-12-24(21)34-29/h4-6,9-10,13-17,21,24,29H,7-8,11-12,18H2,1-3H3/t21-,24+,29+/m1/s1. The SMILES string of the molecule is COc1cc2c(cc1OC)[C@H]1CCCC[C@@H]1O[C@H]2c1ccc(OCc2ccccc2)c(OC)c1. The molecule has 2 aliphatic rings. The number of ether oxygens (including phenoxy) is 5. The predicted octanol–water partition coefficient (Wildman–Crippen LogP) is 6.44. The Hall–Kier alpha value is -3.18. The quantitative estimate of drug-likeness (QED) is 0.406. The summed E-state index contributed by atoms with van der Waals surface area (Å²) in [6, 6.07) is 20.5. The fraction of sp³-hybridized carbons (Fsp3) is 0.379. The van der Waals surface area contributed by atoms with Gasteiger partial charge in [0.05, 0.1) is 27.4 Å². The number of hydrogen-bond donors (Lipinski definition) is 0. The molecule has 3 aromatic rings. The van der Waals surface area contributed by atoms with Crippen LogP contribution in [0.5, 0.6) is 23.0 Å². The molecular formula is C29H32O5. The van der Waals surface area contributed by atoms with Crippen LogP contribution in [-0.2, 0) is 11.3 Å². The Kier molecular flexibility index (Phi) is 6.63. The van der Waals surface area contributed by atoms with Crippen LogP contribution in [0.25, 0.3) is 0 Å². The Morgan fingerprint density at radius 3 is 2.15 bits per heavy atom. The van der Waals surface area contributed by atoms with Gasteiger partial charge in [-0.1, -0.05) is 49.2 Å². The lowest BCUT2D eigenvalue weighted by atomic mass is 9.76. The normalized spacial score (nSPS) is 21.2. The van der Waals surface area contributed by atoms with E-state index >= 15 is 0 Å². The van der Waals surface area contributed by atoms with Crippen molar-refractivity contribution < 1.29 is 23.7 Å². The fourth-order valence-electron chi connectivity index (χ4n) is 5.28. The topological polar surface area (TPSA) is 46.2 Å². The van der Waals surface area contributed by atoms with Gasteiger partial charge >= 0.3 is 0 Å². The molecule has 0 aromatic heterocycles. The van der Waals surface area contributed by atoms with Crippen LogP contribution in [0.2, 0.25) is 0 Å². The minimum atomic E-state index is -0.203. The number of benzene rings is 3. The summed E-state index contributed by atoms with van der Waals surface area (Å²) in [5.74, 6) is 3.29. The first kappa shape index (κ1) is 22.6. The van der Waals surface area contributed by atoms with E-state index in [9.17, 15) is 0 Å². The van der Waals surface area contributed by atoms with Crippen molar-refractivity contribution in [3.05, 3.63) is 82.9 Å². The molecule has 3 atom stereocenters. The monoisotopic (exact) mass is 460 g/mol. The highest BCUT2D eigenvalue weighted by molar-refractivity contribution is 5.54. The summed E-state index contributed by atoms with van der Waals surface area (Å²) in [5, 5.41) is 0. The fourth-order valence-corrected chi connectivity index (χ4v) is 5.28. The van der Waals surface area contributed by atoms with Crippen LogP contribution in [0.3, 0.4) is 0 Å². The molecular weight excluding hydrogens is 428 g/mol. The third-order valence-electron chi connectivity index (χ3n) is 7.01. The van der Waals surface area contributed by atoms with E-state index in [1.165, 1.54) is 18.4 Å². The van der Waals surface area contributed by atoms with E-state index in [0.717, 1.165) is 41.0 Å². The summed E-state index contributed by atoms with van der Waals surface area (Å²) in [7, 11) is 5.04. The van der Waals surface area contributed by atoms with Crippen LogP contribution in [0, 0.1) is 0 Å². The van der Waals surface area contributed by atoms with E-state index in [1.807, 2.05) is 30.3 Å². The van der Waals surface area contributed by atoms with Crippen molar-refractivity contribution in [2.45, 2.75) is 50.4 Å². The Balaban J connectivity index is 1.50. The summed E-state index contributed by atoms with van der Waals surface area (Å²) in [6.45, 7) is 0.486. The first-order valence-electron chi connectivity index (χ1n) is 12.0. The molecule has 0 spiro atoms. The van der Waals surface area contributed by atoms with Crippen LogP contribution >= 0.6 is 0 Å². The highest BCUT2D eigenvalue weighted by Gasteiger charge is 2.39. The smallest absolute Gasteiger partial charge is 0.161 e. The lowest BCUT2D eigenvalue weighted by molar-refractivity contribution is -0.0391. The van der Waals surface area contributed by atoms with Gasteiger partial charge in [0.15, 0.2) is 23.0 Å². The van der Waals surface area contributed by atoms with Gasteiger partial charge in [-0.3, -0.25) is 0 Å². The lowest BCUT2D eigenvalue weighted by Gasteiger charge is -2.41. The number of methoxy groups -OCH3 is 3. The molecule has 1 aliphatic heterocycles. The van der Waals surface area contributed by atoms with Gasteiger partial charge in [-0.2, -0.15) is 0 Å². The van der Waals surface area contributed by atoms with Crippen LogP contribution in [-0.4, -0.2) is 27.4 Å². The molecule has 0 amide bonds. The molecule has 0 radical (unpaired) electrons. The minimum absolute atomic E-state index is 0.198. The van der Waals surface area contributed by atoms with Crippen molar-refractivity contribution in [3.63, 3.8) is 0 Å². The average molecular weight is 461 g/mol. The minimum Gasteiger partial charge on any atom is -0.493 e. The third kappa shape index (κ3) is 4.32. The maximum absolute atomic E-state index is 6.75. The van der Waals surface area contributed by atoms with E-state index in [2.05, 4.69) is 30.3 Å². The molecule has 5 nitrogen and oxygen atoms in total. The van der Waals surface area contributed by atoms with E-state index in [1.54, 1.807) is 21.3 Å². The van der Waals surface area contributed by atoms with Gasteiger partial charge in [0.2, 0.25) is 0 Å². The Morgan fingerprint density at radius 1 is 0.735 bits per heavy atom. The Labute approximate surface area is 201 Å². The molecule has 1 saturated carbocycles. The second-order valence-corrected chi connectivity index (χ2v) is 8.97. The number of fused-ring (bicyclic) bond motifs is 3. The molecule has 1 fully saturated rings. The van der Waals surface area contributed by atoms with Crippen LogP contribution in [0.15, 0.2) is 60.7 Å². The number of hydrogen-bond acceptors (Lipinski definition) is 5. The van der Waals surface area contributed by atoms with Gasteiger partial charge in [-0.05, 0) is 59.4 Å². The number of rotatable bonds is 7. The molecule has 34 heavy (non-hydrogen) atoms. The zero-order valence-electron chi connectivity index (χ0n) is 20.1. The summed E-state index contributed by atoms with van der Waals surface area (Å²) in [4.78, 5) is 0. The molecule has 5 heteroatoms. The van der Waals surface area contributed by atoms with Gasteiger partial charge in [0.1, 0.15) is 12.7 Å². The van der Waals surface area contributed by atoms with Crippen LogP contribution in [0.1, 0.15) is 60.0 Å². The molecule has 3 aromatic carbocycles. The van der Waals surface area contributed by atoms with Crippen molar-refractivity contribution in [2.24, 2.45) is 0 Å². The summed E-state index contributed by atoms with van der Waals surface area (Å²) in [6.07, 6.45) is 4.63. The molecule has 5 rings (SSSR count). The van der Waals surface area contributed by atoms with Gasteiger partial charge in [0, 0.05) is 5.92 Å². The maximum Gasteiger partial charge on any atom is 0.161 e. The first-order valence-corrected chi connectivity index (χ1v) is 12.0. The van der Waals surface area contributed by atoms with Gasteiger partial charge < -0.3 is 23.7 Å². The molecule has 0 unspecified atom stereocenters. The maximum atomic E-state index is 6.75. The van der Waals surface area contributed by atoms with Crippen molar-refractivity contribution in [1.82, 2.24) is 0 Å². The molecule has 0 saturated heterocycles. The van der Waals surface area contributed by atoms with Crippen molar-refractivity contribution in [3.8, 4) is 23.0 Å². The highest BCUT2D eigenvalue weighted by Crippen LogP contribution is 2.50. The summed E-state index contributed by atoms with van der Waals surface area (Å²) < 4.78 is 29.8. The molecule has 0 bridgehead atoms. The molecule has 0 N–H and O–H groups in total. The largest absolute Gasteiger partial charge is 0.493 e. The lowest BCUT2D eigenvalue weighted by Crippen LogP contribution is -2.33. The van der Waals surface area contributed by atoms with E-state index in [0.29, 0.717) is 24.0 Å². The Bertz CT molecular complexity index is 1130. The zero-order valence-corrected chi connectivity index (χ0v) is 20.1. The van der Waals surface area contributed by atoms with Crippen LogP contribution < -0.4 is 18.9 Å². The second-order valence-electron chi connectivity index (χ2n) is 8.97. The first-order chi connectivity index (χ1) is 16.7. The van der Waals surface area contributed by atoms with E-state index in [4.69, 9.17) is 23.7 Å². The molecule has 1 heterocycles. The molecule has 1 aliphatic carbocycles. The van der Waals surface area contributed by atoms with E-state index < -0.39 is 0 Å². The third-order valence-corrected chi connectivity index (χ3v) is 7.01. The van der Waals surface area contributed by atoms with Gasteiger partial charge in [-0.15, -0.1) is 0 Å². The van der Waals surface area contributed by atoms with Crippen molar-refractivity contribution in [1.29, 1.82) is 0 Å². The zero-order chi connectivity index (χ0) is 23.5. The highest BCUT2D eigenvalue weighted by atomic mass is 16.5. The van der Waals surface area contributed by atoms with Crippen molar-refractivity contribution in [2.75, 3.05) is 21.3 Å². The van der Waals surface area contributed by atoms with Gasteiger partial charge in [0.25, 0.3) is 0 Å². The second kappa shape index (κ2) is 9.98. The Morgan fingerprint density at radius 2 is 1.41 bits per heavy atom. The van der Waals surface area contributed by atoms with Crippen molar-refractivity contribution >= 4 is 0 Å². The summed E-state index contributed by atoms with van der Waals surface area (Å²) in [5.41, 5.74) is 4.60. The van der Waals surface area contributed by atoms with Crippen LogP contribution in [0.4, 0.5) is 0 Å². The summed E-state index contributed by atoms with van der Waals surface area (Å²) >= 11 is 0.